The summed E-state index contributed by atoms with van der Waals surface area (Å²) < 4.78 is 0. The fraction of sp³-hybridized carbons (Fsp3) is 0.409. The quantitative estimate of drug-likeness (QED) is 0.721. The standard InChI is InChI=1S/C22H26N6O/c1-27-11-9-19-18(14-27)21(26-24-19)22(29)28-10-5-8-16(13-28)20-17(12-23-25-20)15-6-3-2-4-7-15/h2-4,6-7,12,16H,5,8-11,13-14H2,1H3,(H,23,25)(H,24,26)/t16-/m1/s1. The number of nitrogens with zero attached hydrogens (tertiary/aromatic N) is 4. The molecule has 150 valence electrons. The van der Waals surface area contributed by atoms with Crippen LogP contribution in [0.3, 0.4) is 0 Å². The number of likely N-dealkylation sites (tertiary alicyclic amines) is 1. The molecule has 2 aliphatic heterocycles. The summed E-state index contributed by atoms with van der Waals surface area (Å²) in [7, 11) is 2.09. The molecule has 5 rings (SSSR count). The normalized spacial score (nSPS) is 19.9. The Balaban J connectivity index is 1.38. The first kappa shape index (κ1) is 18.1. The fourth-order valence-electron chi connectivity index (χ4n) is 4.61. The summed E-state index contributed by atoms with van der Waals surface area (Å²) in [4.78, 5) is 17.5. The number of piperidine rings is 1. The van der Waals surface area contributed by atoms with Gasteiger partial charge in [-0.05, 0) is 25.5 Å². The van der Waals surface area contributed by atoms with E-state index < -0.39 is 0 Å². The molecule has 0 saturated carbocycles. The van der Waals surface area contributed by atoms with E-state index in [0.717, 1.165) is 67.0 Å². The minimum absolute atomic E-state index is 0.0447. The number of nitrogens with one attached hydrogen (secondary N) is 2. The van der Waals surface area contributed by atoms with Crippen LogP contribution >= 0.6 is 0 Å². The van der Waals surface area contributed by atoms with Gasteiger partial charge in [-0.2, -0.15) is 10.2 Å². The number of hydrogen-bond acceptors (Lipinski definition) is 4. The lowest BCUT2D eigenvalue weighted by atomic mass is 9.90. The second-order valence-corrected chi connectivity index (χ2v) is 8.17. The molecule has 3 aromatic rings. The van der Waals surface area contributed by atoms with Crippen molar-refractivity contribution >= 4 is 5.91 Å². The molecular weight excluding hydrogens is 364 g/mol. The first-order valence-electron chi connectivity index (χ1n) is 10.3. The molecule has 0 unspecified atom stereocenters. The predicted octanol–water partition coefficient (Wildman–Crippen LogP) is 2.81. The van der Waals surface area contributed by atoms with E-state index in [4.69, 9.17) is 0 Å². The summed E-state index contributed by atoms with van der Waals surface area (Å²) in [6.45, 7) is 3.25. The van der Waals surface area contributed by atoms with Crippen LogP contribution in [-0.4, -0.2) is 62.8 Å². The maximum absolute atomic E-state index is 13.3. The van der Waals surface area contributed by atoms with Crippen molar-refractivity contribution in [2.75, 3.05) is 26.7 Å². The van der Waals surface area contributed by atoms with Gasteiger partial charge in [0, 0.05) is 61.0 Å². The fourth-order valence-corrected chi connectivity index (χ4v) is 4.61. The van der Waals surface area contributed by atoms with Gasteiger partial charge in [-0.3, -0.25) is 15.0 Å². The van der Waals surface area contributed by atoms with Gasteiger partial charge in [0.2, 0.25) is 0 Å². The Bertz CT molecular complexity index is 1010. The number of aromatic nitrogens is 4. The first-order chi connectivity index (χ1) is 14.2. The molecule has 0 spiro atoms. The second-order valence-electron chi connectivity index (χ2n) is 8.17. The Labute approximate surface area is 170 Å². The summed E-state index contributed by atoms with van der Waals surface area (Å²) in [5.41, 5.74) is 6.18. The largest absolute Gasteiger partial charge is 0.337 e. The van der Waals surface area contributed by atoms with Crippen LogP contribution in [0, 0.1) is 0 Å². The third kappa shape index (κ3) is 3.35. The number of fused-ring (bicyclic) bond motifs is 1. The third-order valence-electron chi connectivity index (χ3n) is 6.20. The van der Waals surface area contributed by atoms with E-state index in [1.165, 1.54) is 0 Å². The van der Waals surface area contributed by atoms with Crippen LogP contribution in [0.5, 0.6) is 0 Å². The summed E-state index contributed by atoms with van der Waals surface area (Å²) in [6, 6.07) is 10.3. The Morgan fingerprint density at radius 1 is 1.17 bits per heavy atom. The topological polar surface area (TPSA) is 80.9 Å². The molecule has 2 aromatic heterocycles. The van der Waals surface area contributed by atoms with Crippen LogP contribution < -0.4 is 0 Å². The van der Waals surface area contributed by atoms with Gasteiger partial charge in [0.1, 0.15) is 0 Å². The monoisotopic (exact) mass is 390 g/mol. The average Bonchev–Trinajstić information content (AvgIpc) is 3.41. The molecule has 0 aliphatic carbocycles. The SMILES string of the molecule is CN1CCc2[nH]nc(C(=O)N3CCC[C@@H](c4[nH]ncc4-c4ccccc4)C3)c2C1. The smallest absolute Gasteiger partial charge is 0.274 e. The molecule has 2 N–H and O–H groups in total. The van der Waals surface area contributed by atoms with E-state index >= 15 is 0 Å². The van der Waals surface area contributed by atoms with E-state index in [1.54, 1.807) is 0 Å². The van der Waals surface area contributed by atoms with Crippen molar-refractivity contribution < 1.29 is 4.79 Å². The molecule has 1 fully saturated rings. The van der Waals surface area contributed by atoms with Crippen molar-refractivity contribution in [2.24, 2.45) is 0 Å². The van der Waals surface area contributed by atoms with E-state index in [1.807, 2.05) is 29.3 Å². The Hall–Kier alpha value is -2.93. The zero-order valence-corrected chi connectivity index (χ0v) is 16.7. The molecule has 29 heavy (non-hydrogen) atoms. The van der Waals surface area contributed by atoms with Crippen LogP contribution in [-0.2, 0) is 13.0 Å². The number of carbonyl (C=O) groups excluding carboxylic acids is 1. The van der Waals surface area contributed by atoms with Crippen molar-refractivity contribution in [2.45, 2.75) is 31.7 Å². The molecule has 4 heterocycles. The van der Waals surface area contributed by atoms with Crippen molar-refractivity contribution in [3.63, 3.8) is 0 Å². The Morgan fingerprint density at radius 2 is 2.03 bits per heavy atom. The lowest BCUT2D eigenvalue weighted by Gasteiger charge is -2.33. The Kier molecular flexibility index (Phi) is 4.67. The number of carbonyl (C=O) groups is 1. The Morgan fingerprint density at radius 3 is 2.90 bits per heavy atom. The van der Waals surface area contributed by atoms with E-state index in [-0.39, 0.29) is 11.8 Å². The number of likely N-dealkylation sites (N-methyl/N-ethyl adjacent to an activating group) is 1. The van der Waals surface area contributed by atoms with Crippen LogP contribution in [0.15, 0.2) is 36.5 Å². The minimum Gasteiger partial charge on any atom is -0.337 e. The highest BCUT2D eigenvalue weighted by Gasteiger charge is 2.32. The summed E-state index contributed by atoms with van der Waals surface area (Å²) in [5, 5.41) is 15.0. The van der Waals surface area contributed by atoms with Crippen molar-refractivity contribution in [3.05, 3.63) is 59.2 Å². The lowest BCUT2D eigenvalue weighted by Crippen LogP contribution is -2.40. The third-order valence-corrected chi connectivity index (χ3v) is 6.20. The molecule has 1 aromatic carbocycles. The minimum atomic E-state index is 0.0447. The molecule has 0 bridgehead atoms. The number of benzene rings is 1. The second kappa shape index (κ2) is 7.48. The van der Waals surface area contributed by atoms with Gasteiger partial charge in [-0.25, -0.2) is 0 Å². The van der Waals surface area contributed by atoms with Crippen LogP contribution in [0.25, 0.3) is 11.1 Å². The maximum Gasteiger partial charge on any atom is 0.274 e. The number of amides is 1. The van der Waals surface area contributed by atoms with Gasteiger partial charge in [0.25, 0.3) is 5.91 Å². The summed E-state index contributed by atoms with van der Waals surface area (Å²) in [6.07, 6.45) is 4.85. The van der Waals surface area contributed by atoms with Gasteiger partial charge in [-0.15, -0.1) is 0 Å². The van der Waals surface area contributed by atoms with Gasteiger partial charge < -0.3 is 9.80 Å². The summed E-state index contributed by atoms with van der Waals surface area (Å²) >= 11 is 0. The molecule has 1 amide bonds. The maximum atomic E-state index is 13.3. The molecule has 7 nitrogen and oxygen atoms in total. The molecular formula is C22H26N6O. The van der Waals surface area contributed by atoms with E-state index in [9.17, 15) is 4.79 Å². The van der Waals surface area contributed by atoms with Crippen LogP contribution in [0.4, 0.5) is 0 Å². The van der Waals surface area contributed by atoms with Gasteiger partial charge in [0.15, 0.2) is 5.69 Å². The highest BCUT2D eigenvalue weighted by Crippen LogP contribution is 2.33. The molecule has 1 saturated heterocycles. The zero-order valence-electron chi connectivity index (χ0n) is 16.7. The van der Waals surface area contributed by atoms with Crippen molar-refractivity contribution in [1.29, 1.82) is 0 Å². The molecule has 2 aliphatic rings. The molecule has 1 atom stereocenters. The predicted molar refractivity (Wildman–Crippen MR) is 111 cm³/mol. The first-order valence-corrected chi connectivity index (χ1v) is 10.3. The van der Waals surface area contributed by atoms with Crippen molar-refractivity contribution in [1.82, 2.24) is 30.2 Å². The van der Waals surface area contributed by atoms with Gasteiger partial charge >= 0.3 is 0 Å². The highest BCUT2D eigenvalue weighted by atomic mass is 16.2. The summed E-state index contributed by atoms with van der Waals surface area (Å²) in [5.74, 6) is 0.297. The lowest BCUT2D eigenvalue weighted by molar-refractivity contribution is 0.0697. The number of aromatic amines is 2. The molecule has 7 heteroatoms. The molecule has 0 radical (unpaired) electrons. The zero-order chi connectivity index (χ0) is 19.8. The highest BCUT2D eigenvalue weighted by molar-refractivity contribution is 5.94. The number of H-pyrrole nitrogens is 2. The van der Waals surface area contributed by atoms with Gasteiger partial charge in [-0.1, -0.05) is 30.3 Å². The van der Waals surface area contributed by atoms with E-state index in [0.29, 0.717) is 12.2 Å². The number of rotatable bonds is 3. The number of hydrogen-bond donors (Lipinski definition) is 2. The average molecular weight is 390 g/mol. The van der Waals surface area contributed by atoms with Crippen molar-refractivity contribution in [3.8, 4) is 11.1 Å². The van der Waals surface area contributed by atoms with Crippen LogP contribution in [0.1, 0.15) is 46.2 Å². The van der Waals surface area contributed by atoms with E-state index in [2.05, 4.69) is 44.5 Å². The van der Waals surface area contributed by atoms with Crippen LogP contribution in [0.2, 0.25) is 0 Å². The van der Waals surface area contributed by atoms with Gasteiger partial charge in [0.05, 0.1) is 6.20 Å².